The van der Waals surface area contributed by atoms with E-state index in [0.717, 1.165) is 29.5 Å². The Morgan fingerprint density at radius 3 is 2.43 bits per heavy atom. The summed E-state index contributed by atoms with van der Waals surface area (Å²) in [6.45, 7) is 4.54. The van der Waals surface area contributed by atoms with E-state index in [9.17, 15) is 0 Å². The van der Waals surface area contributed by atoms with Gasteiger partial charge in [-0.2, -0.15) is 0 Å². The van der Waals surface area contributed by atoms with Gasteiger partial charge < -0.3 is 4.74 Å². The third-order valence-electron chi connectivity index (χ3n) is 5.05. The van der Waals surface area contributed by atoms with Crippen molar-refractivity contribution < 1.29 is 4.74 Å². The van der Waals surface area contributed by atoms with Gasteiger partial charge >= 0.3 is 0 Å². The van der Waals surface area contributed by atoms with Gasteiger partial charge in [-0.05, 0) is 54.3 Å². The van der Waals surface area contributed by atoms with Crippen LogP contribution < -0.4 is 4.74 Å². The second-order valence-corrected chi connectivity index (χ2v) is 7.92. The summed E-state index contributed by atoms with van der Waals surface area (Å²) in [4.78, 5) is 0.585. The van der Waals surface area contributed by atoms with Gasteiger partial charge in [-0.1, -0.05) is 57.8 Å². The molecule has 112 valence electrons. The molecule has 2 aromatic carbocycles. The molecular weight excluding hydrogens is 392 g/mol. The predicted octanol–water partition coefficient (Wildman–Crippen LogP) is 6.32. The normalized spacial score (nSPS) is 23.8. The number of fused-ring (bicyclic) bond motifs is 1. The summed E-state index contributed by atoms with van der Waals surface area (Å²) in [7, 11) is 0. The molecule has 2 aromatic rings. The zero-order valence-corrected chi connectivity index (χ0v) is 15.6. The summed E-state index contributed by atoms with van der Waals surface area (Å²) in [5.41, 5.74) is 0.286. The minimum Gasteiger partial charge on any atom is -0.490 e. The van der Waals surface area contributed by atoms with Crippen LogP contribution in [0, 0.1) is 5.41 Å². The highest BCUT2D eigenvalue weighted by atomic mass is 79.9. The van der Waals surface area contributed by atoms with E-state index in [1.807, 2.05) is 0 Å². The van der Waals surface area contributed by atoms with Gasteiger partial charge in [0.1, 0.15) is 11.9 Å². The van der Waals surface area contributed by atoms with E-state index < -0.39 is 0 Å². The molecule has 1 nitrogen and oxygen atoms in total. The fourth-order valence-electron chi connectivity index (χ4n) is 3.44. The number of rotatable bonds is 4. The fraction of sp³-hybridized carbons (Fsp3) is 0.444. The zero-order valence-electron chi connectivity index (χ0n) is 12.4. The lowest BCUT2D eigenvalue weighted by molar-refractivity contribution is -0.0410. The minimum absolute atomic E-state index is 0.286. The first-order valence-electron chi connectivity index (χ1n) is 7.59. The second kappa shape index (κ2) is 5.92. The van der Waals surface area contributed by atoms with E-state index in [4.69, 9.17) is 4.74 Å². The zero-order chi connectivity index (χ0) is 15.0. The first kappa shape index (κ1) is 15.4. The monoisotopic (exact) mass is 410 g/mol. The number of hydrogen-bond donors (Lipinski definition) is 0. The van der Waals surface area contributed by atoms with Crippen molar-refractivity contribution in [2.75, 3.05) is 0 Å². The summed E-state index contributed by atoms with van der Waals surface area (Å²) in [6.07, 6.45) is 3.74. The molecule has 1 fully saturated rings. The number of hydrogen-bond acceptors (Lipinski definition) is 1. The highest BCUT2D eigenvalue weighted by Gasteiger charge is 2.53. The van der Waals surface area contributed by atoms with Crippen molar-refractivity contribution in [3.8, 4) is 5.75 Å². The quantitative estimate of drug-likeness (QED) is 0.534. The summed E-state index contributed by atoms with van der Waals surface area (Å²) < 4.78 is 7.43. The van der Waals surface area contributed by atoms with Crippen LogP contribution in [0.1, 0.15) is 33.1 Å². The SMILES string of the molecule is CCC1(CC)C(Br)CC1Oc1ccc2cc(Br)ccc2c1. The Labute approximate surface area is 143 Å². The molecule has 0 spiro atoms. The largest absolute Gasteiger partial charge is 0.490 e. The lowest BCUT2D eigenvalue weighted by Crippen LogP contribution is -2.56. The maximum atomic E-state index is 6.32. The van der Waals surface area contributed by atoms with Crippen LogP contribution in [0.2, 0.25) is 0 Å². The van der Waals surface area contributed by atoms with Gasteiger partial charge in [-0.3, -0.25) is 0 Å². The standard InChI is InChI=1S/C18H20Br2O/c1-3-18(4-2)16(20)11-17(18)21-15-8-6-12-9-14(19)7-5-13(12)10-15/h5-10,16-17H,3-4,11H2,1-2H3. The molecule has 3 heteroatoms. The second-order valence-electron chi connectivity index (χ2n) is 5.90. The summed E-state index contributed by atoms with van der Waals surface area (Å²) in [6, 6.07) is 12.7. The molecule has 1 aliphatic rings. The van der Waals surface area contributed by atoms with Crippen molar-refractivity contribution in [2.45, 2.75) is 44.0 Å². The molecule has 2 atom stereocenters. The predicted molar refractivity (Wildman–Crippen MR) is 96.4 cm³/mol. The van der Waals surface area contributed by atoms with Gasteiger partial charge in [-0.25, -0.2) is 0 Å². The minimum atomic E-state index is 0.286. The van der Waals surface area contributed by atoms with Crippen LogP contribution in [0.3, 0.4) is 0 Å². The summed E-state index contributed by atoms with van der Waals surface area (Å²) >= 11 is 7.34. The molecule has 0 amide bonds. The molecule has 0 radical (unpaired) electrons. The Hall–Kier alpha value is -0.540. The van der Waals surface area contributed by atoms with Crippen LogP contribution in [-0.2, 0) is 0 Å². The van der Waals surface area contributed by atoms with E-state index >= 15 is 0 Å². The fourth-order valence-corrected chi connectivity index (χ4v) is 5.11. The van der Waals surface area contributed by atoms with E-state index in [1.54, 1.807) is 0 Å². The Kier molecular flexibility index (Phi) is 4.33. The molecule has 1 saturated carbocycles. The van der Waals surface area contributed by atoms with Crippen LogP contribution in [0.4, 0.5) is 0 Å². The number of halogens is 2. The van der Waals surface area contributed by atoms with Crippen LogP contribution in [-0.4, -0.2) is 10.9 Å². The highest BCUT2D eigenvalue weighted by Crippen LogP contribution is 2.52. The number of alkyl halides is 1. The maximum Gasteiger partial charge on any atom is 0.120 e. The Balaban J connectivity index is 1.84. The molecule has 0 aliphatic heterocycles. The van der Waals surface area contributed by atoms with Crippen LogP contribution in [0.5, 0.6) is 5.75 Å². The van der Waals surface area contributed by atoms with Gasteiger partial charge in [0.25, 0.3) is 0 Å². The Bertz CT molecular complexity index is 649. The molecule has 0 saturated heterocycles. The molecule has 0 N–H and O–H groups in total. The summed E-state index contributed by atoms with van der Waals surface area (Å²) in [5.74, 6) is 0.987. The lowest BCUT2D eigenvalue weighted by atomic mass is 9.62. The van der Waals surface area contributed by atoms with Gasteiger partial charge in [0.05, 0.1) is 0 Å². The Morgan fingerprint density at radius 1 is 1.10 bits per heavy atom. The van der Waals surface area contributed by atoms with E-state index in [2.05, 4.69) is 82.1 Å². The van der Waals surface area contributed by atoms with Gasteiger partial charge in [-0.15, -0.1) is 0 Å². The molecule has 0 bridgehead atoms. The van der Waals surface area contributed by atoms with Crippen molar-refractivity contribution >= 4 is 42.6 Å². The Morgan fingerprint density at radius 2 is 1.76 bits per heavy atom. The van der Waals surface area contributed by atoms with Crippen molar-refractivity contribution in [2.24, 2.45) is 5.41 Å². The van der Waals surface area contributed by atoms with Crippen molar-refractivity contribution in [1.82, 2.24) is 0 Å². The van der Waals surface area contributed by atoms with Crippen LogP contribution in [0.25, 0.3) is 10.8 Å². The molecule has 1 aliphatic carbocycles. The average Bonchev–Trinajstić information content (AvgIpc) is 2.48. The van der Waals surface area contributed by atoms with E-state index in [-0.39, 0.29) is 5.41 Å². The first-order chi connectivity index (χ1) is 10.1. The lowest BCUT2D eigenvalue weighted by Gasteiger charge is -2.52. The maximum absolute atomic E-state index is 6.32. The van der Waals surface area contributed by atoms with Gasteiger partial charge in [0.2, 0.25) is 0 Å². The first-order valence-corrected chi connectivity index (χ1v) is 9.30. The molecule has 0 aromatic heterocycles. The molecular formula is C18H20Br2O. The smallest absolute Gasteiger partial charge is 0.120 e. The van der Waals surface area contributed by atoms with Crippen LogP contribution in [0.15, 0.2) is 40.9 Å². The average molecular weight is 412 g/mol. The molecule has 3 rings (SSSR count). The molecule has 21 heavy (non-hydrogen) atoms. The highest BCUT2D eigenvalue weighted by molar-refractivity contribution is 9.10. The number of ether oxygens (including phenoxy) is 1. The van der Waals surface area contributed by atoms with Crippen molar-refractivity contribution in [3.05, 3.63) is 40.9 Å². The third kappa shape index (κ3) is 2.63. The molecule has 0 heterocycles. The van der Waals surface area contributed by atoms with E-state index in [1.165, 1.54) is 10.8 Å². The molecule has 2 unspecified atom stereocenters. The topological polar surface area (TPSA) is 9.23 Å². The number of benzene rings is 2. The van der Waals surface area contributed by atoms with Crippen molar-refractivity contribution in [3.63, 3.8) is 0 Å². The van der Waals surface area contributed by atoms with E-state index in [0.29, 0.717) is 10.9 Å². The van der Waals surface area contributed by atoms with Gasteiger partial charge in [0.15, 0.2) is 0 Å². The third-order valence-corrected chi connectivity index (χ3v) is 6.83. The van der Waals surface area contributed by atoms with Crippen molar-refractivity contribution in [1.29, 1.82) is 0 Å². The van der Waals surface area contributed by atoms with Gasteiger partial charge in [0, 0.05) is 14.7 Å². The summed E-state index contributed by atoms with van der Waals surface area (Å²) in [5, 5.41) is 2.46. The van der Waals surface area contributed by atoms with Crippen LogP contribution >= 0.6 is 31.9 Å².